The molecule has 3 nitrogen and oxygen atoms in total. The summed E-state index contributed by atoms with van der Waals surface area (Å²) in [5, 5.41) is 4.86. The van der Waals surface area contributed by atoms with Gasteiger partial charge in [-0.15, -0.1) is 41.3 Å². The van der Waals surface area contributed by atoms with E-state index in [1.807, 2.05) is 18.2 Å². The topological polar surface area (TPSA) is 30.7 Å². The number of para-hydroxylation sites is 2. The first-order valence-corrected chi connectivity index (χ1v) is 20.6. The minimum atomic E-state index is -2.09. The van der Waals surface area contributed by atoms with Crippen LogP contribution in [0.25, 0.3) is 82.8 Å². The number of rotatable bonds is 6. The van der Waals surface area contributed by atoms with Crippen molar-refractivity contribution in [2.45, 2.75) is 33.0 Å². The average molecular weight is 973 g/mol. The van der Waals surface area contributed by atoms with Crippen LogP contribution in [0.4, 0.5) is 0 Å². The fourth-order valence-electron chi connectivity index (χ4n) is 7.46. The molecule has 0 bridgehead atoms. The summed E-state index contributed by atoms with van der Waals surface area (Å²) >= 11 is 1.66. The second-order valence-electron chi connectivity index (χ2n) is 15.5. The van der Waals surface area contributed by atoms with E-state index in [0.29, 0.717) is 0 Å². The second-order valence-corrected chi connectivity index (χ2v) is 16.4. The van der Waals surface area contributed by atoms with Gasteiger partial charge in [-0.25, -0.2) is 0 Å². The van der Waals surface area contributed by atoms with Crippen LogP contribution in [0.1, 0.15) is 36.0 Å². The zero-order chi connectivity index (χ0) is 42.8. The summed E-state index contributed by atoms with van der Waals surface area (Å²) in [5.74, 6) is 0.899. The van der Waals surface area contributed by atoms with Crippen LogP contribution in [-0.4, -0.2) is 14.5 Å². The zero-order valence-electron chi connectivity index (χ0n) is 36.5. The molecule has 0 amide bonds. The Morgan fingerprint density at radius 3 is 1.87 bits per heavy atom. The van der Waals surface area contributed by atoms with Gasteiger partial charge in [-0.2, -0.15) is 0 Å². The van der Waals surface area contributed by atoms with Gasteiger partial charge in [-0.1, -0.05) is 170 Å². The summed E-state index contributed by atoms with van der Waals surface area (Å²) in [6, 6.07) is 65.9. The van der Waals surface area contributed by atoms with E-state index in [1.165, 1.54) is 49.8 Å². The van der Waals surface area contributed by atoms with Crippen LogP contribution in [-0.2, 0) is 25.5 Å². The maximum absolute atomic E-state index is 7.23. The monoisotopic (exact) mass is 973 g/mol. The first-order chi connectivity index (χ1) is 30.0. The molecule has 0 aliphatic rings. The maximum atomic E-state index is 7.23. The third-order valence-electron chi connectivity index (χ3n) is 10.5. The van der Waals surface area contributed by atoms with Gasteiger partial charge in [-0.05, 0) is 75.6 Å². The fourth-order valence-corrected chi connectivity index (χ4v) is 8.28. The molecule has 0 atom stereocenters. The molecule has 0 N–H and O–H groups in total. The van der Waals surface area contributed by atoms with Crippen molar-refractivity contribution in [1.82, 2.24) is 14.5 Å². The standard InChI is InChI=1S/C43H33N2S.C12H10N.Ir/c1-43(2,3)33-26-34(30-17-9-5-10-18-30)41(35(27-33)31-19-11-6-12-20-31)45-39-22-14-13-21-38(39)44-42(45)37-28-46-40-24-23-32(25-36(37)40)29-15-7-4-8-16-29;1-10-7-8-12(13-9-10)11-5-3-2-4-6-11;/h4-27H,1-3H3;2-5,7-9H,1H3;/q2*-1;/i;1D3;. The van der Waals surface area contributed by atoms with Gasteiger partial charge < -0.3 is 9.55 Å². The number of aromatic nitrogens is 3. The molecular formula is C55H43IrN3S-2. The molecule has 10 aromatic rings. The Morgan fingerprint density at radius 2 is 1.27 bits per heavy atom. The number of hydrogen-bond acceptors (Lipinski definition) is 3. The van der Waals surface area contributed by atoms with E-state index in [1.54, 1.807) is 29.5 Å². The van der Waals surface area contributed by atoms with Crippen LogP contribution in [0.5, 0.6) is 0 Å². The first-order valence-electron chi connectivity index (χ1n) is 21.2. The average Bonchev–Trinajstić information content (AvgIpc) is 3.91. The van der Waals surface area contributed by atoms with Crippen LogP contribution in [0, 0.1) is 18.3 Å². The van der Waals surface area contributed by atoms with Crippen LogP contribution >= 0.6 is 11.3 Å². The summed E-state index contributed by atoms with van der Waals surface area (Å²) in [6.07, 6.45) is 1.39. The fraction of sp³-hybridized carbons (Fsp3) is 0.0909. The summed E-state index contributed by atoms with van der Waals surface area (Å²) < 4.78 is 25.3. The van der Waals surface area contributed by atoms with E-state index in [4.69, 9.17) is 9.10 Å². The molecule has 0 aliphatic carbocycles. The van der Waals surface area contributed by atoms with Crippen LogP contribution in [0.3, 0.4) is 0 Å². The second kappa shape index (κ2) is 17.5. The minimum absolute atomic E-state index is 0. The van der Waals surface area contributed by atoms with Crippen molar-refractivity contribution in [3.05, 3.63) is 211 Å². The number of pyridine rings is 1. The van der Waals surface area contributed by atoms with Crippen molar-refractivity contribution >= 4 is 32.5 Å². The largest absolute Gasteiger partial charge is 0.332 e. The molecule has 3 heterocycles. The van der Waals surface area contributed by atoms with E-state index in [-0.39, 0.29) is 31.1 Å². The number of nitrogens with zero attached hydrogens (tertiary/aromatic N) is 3. The zero-order valence-corrected chi connectivity index (χ0v) is 36.7. The van der Waals surface area contributed by atoms with Crippen molar-refractivity contribution in [3.8, 4) is 61.7 Å². The first kappa shape index (κ1) is 36.8. The van der Waals surface area contributed by atoms with Crippen molar-refractivity contribution in [3.63, 3.8) is 0 Å². The Labute approximate surface area is 374 Å². The number of hydrogen-bond donors (Lipinski definition) is 0. The molecule has 0 saturated carbocycles. The Balaban J connectivity index is 0.000000271. The number of fused-ring (bicyclic) bond motifs is 2. The van der Waals surface area contributed by atoms with E-state index in [9.17, 15) is 0 Å². The van der Waals surface area contributed by atoms with Gasteiger partial charge in [0.25, 0.3) is 0 Å². The minimum Gasteiger partial charge on any atom is -0.332 e. The molecule has 1 radical (unpaired) electrons. The predicted octanol–water partition coefficient (Wildman–Crippen LogP) is 14.9. The smallest absolute Gasteiger partial charge is 0.0774 e. The van der Waals surface area contributed by atoms with E-state index >= 15 is 0 Å². The maximum Gasteiger partial charge on any atom is 0.0774 e. The summed E-state index contributed by atoms with van der Waals surface area (Å²) in [6.45, 7) is 4.78. The van der Waals surface area contributed by atoms with Gasteiger partial charge in [0.1, 0.15) is 0 Å². The molecular weight excluding hydrogens is 927 g/mol. The quantitative estimate of drug-likeness (QED) is 0.155. The van der Waals surface area contributed by atoms with Gasteiger partial charge >= 0.3 is 0 Å². The van der Waals surface area contributed by atoms with Gasteiger partial charge in [0.2, 0.25) is 0 Å². The SMILES string of the molecule is CC(C)(C)c1cc(-c2ccccc2)c(-n2c(-c3[c-]sc4ccc(-c5ccccc5)cc34)nc3ccccc32)c(-c2ccccc2)c1.[2H]C([2H])([2H])c1ccc(-c2[c-]cccc2)nc1.[Ir]. The van der Waals surface area contributed by atoms with Crippen molar-refractivity contribution in [1.29, 1.82) is 0 Å². The Hall–Kier alpha value is -6.23. The molecule has 3 aromatic heterocycles. The molecule has 0 saturated heterocycles. The molecule has 10 rings (SSSR count). The number of benzene rings is 7. The molecule has 0 spiro atoms. The molecule has 5 heteroatoms. The Morgan fingerprint density at radius 1 is 0.633 bits per heavy atom. The van der Waals surface area contributed by atoms with Crippen molar-refractivity contribution < 1.29 is 24.2 Å². The molecule has 0 fully saturated rings. The molecule has 60 heavy (non-hydrogen) atoms. The van der Waals surface area contributed by atoms with Gasteiger partial charge in [0.15, 0.2) is 0 Å². The summed E-state index contributed by atoms with van der Waals surface area (Å²) in [5.41, 5.74) is 14.4. The normalized spacial score (nSPS) is 12.2. The van der Waals surface area contributed by atoms with E-state index in [0.717, 1.165) is 44.8 Å². The van der Waals surface area contributed by atoms with Crippen LogP contribution in [0.2, 0.25) is 0 Å². The van der Waals surface area contributed by atoms with Crippen LogP contribution in [0.15, 0.2) is 188 Å². The van der Waals surface area contributed by atoms with Crippen molar-refractivity contribution in [2.75, 3.05) is 0 Å². The van der Waals surface area contributed by atoms with Gasteiger partial charge in [0.05, 0.1) is 22.5 Å². The summed E-state index contributed by atoms with van der Waals surface area (Å²) in [4.78, 5) is 9.49. The number of aryl methyl sites for hydroxylation is 1. The number of imidazole rings is 1. The Bertz CT molecular complexity index is 3060. The van der Waals surface area contributed by atoms with Gasteiger partial charge in [-0.3, -0.25) is 16.3 Å². The van der Waals surface area contributed by atoms with Gasteiger partial charge in [0, 0.05) is 41.5 Å². The Kier molecular flexibility index (Phi) is 10.8. The third-order valence-corrected chi connectivity index (χ3v) is 11.4. The molecule has 7 aromatic carbocycles. The van der Waals surface area contributed by atoms with Crippen molar-refractivity contribution in [2.24, 2.45) is 0 Å². The third kappa shape index (κ3) is 8.30. The van der Waals surface area contributed by atoms with Crippen LogP contribution < -0.4 is 0 Å². The molecule has 295 valence electrons. The molecule has 0 aliphatic heterocycles. The molecule has 0 unspecified atom stereocenters. The number of thiophene rings is 1. The van der Waals surface area contributed by atoms with E-state index < -0.39 is 6.85 Å². The van der Waals surface area contributed by atoms with E-state index in [2.05, 4.69) is 187 Å². The summed E-state index contributed by atoms with van der Waals surface area (Å²) in [7, 11) is 0. The predicted molar refractivity (Wildman–Crippen MR) is 249 cm³/mol.